The number of aliphatic hydroxyl groups excluding tert-OH is 1. The summed E-state index contributed by atoms with van der Waals surface area (Å²) >= 11 is 11.6. The summed E-state index contributed by atoms with van der Waals surface area (Å²) in [4.78, 5) is 25.6. The fourth-order valence-electron chi connectivity index (χ4n) is 5.31. The first-order valence-corrected chi connectivity index (χ1v) is 13.0. The van der Waals surface area contributed by atoms with Gasteiger partial charge in [-0.2, -0.15) is 0 Å². The number of benzene rings is 2. The van der Waals surface area contributed by atoms with Gasteiger partial charge in [-0.3, -0.25) is 9.59 Å². The lowest BCUT2D eigenvalue weighted by Gasteiger charge is -2.56. The summed E-state index contributed by atoms with van der Waals surface area (Å²) in [5.74, 6) is -1.18. The molecule has 8 nitrogen and oxygen atoms in total. The maximum Gasteiger partial charge on any atom is 0.290 e. The van der Waals surface area contributed by atoms with Crippen LogP contribution in [0.2, 0.25) is 10.0 Å². The van der Waals surface area contributed by atoms with Crippen molar-refractivity contribution in [2.75, 3.05) is 6.61 Å². The van der Waals surface area contributed by atoms with Gasteiger partial charge in [0.05, 0.1) is 22.4 Å². The van der Waals surface area contributed by atoms with Crippen LogP contribution in [0.4, 0.5) is 4.39 Å². The van der Waals surface area contributed by atoms with Crippen molar-refractivity contribution >= 4 is 35.0 Å². The summed E-state index contributed by atoms with van der Waals surface area (Å²) in [7, 11) is 0. The van der Waals surface area contributed by atoms with Crippen LogP contribution in [0, 0.1) is 5.82 Å². The number of hydrogen-bond donors (Lipinski definition) is 3. The number of carbonyl (C=O) groups excluding carboxylic acids is 2. The van der Waals surface area contributed by atoms with Crippen LogP contribution < -0.4 is 15.4 Å². The minimum Gasteiger partial charge on any atom is -0.484 e. The molecule has 2 bridgehead atoms. The summed E-state index contributed by atoms with van der Waals surface area (Å²) in [6, 6.07) is 12.9. The van der Waals surface area contributed by atoms with E-state index < -0.39 is 34.8 Å². The highest BCUT2D eigenvalue weighted by atomic mass is 35.5. The molecule has 0 radical (unpaired) electrons. The first-order chi connectivity index (χ1) is 18.2. The molecule has 2 amide bonds. The van der Waals surface area contributed by atoms with Crippen LogP contribution in [0.3, 0.4) is 0 Å². The molecule has 2 aromatic carbocycles. The molecule has 200 valence electrons. The Balaban J connectivity index is 1.15. The van der Waals surface area contributed by atoms with E-state index in [0.29, 0.717) is 42.8 Å². The smallest absolute Gasteiger partial charge is 0.290 e. The minimum absolute atomic E-state index is 0.0366. The van der Waals surface area contributed by atoms with Crippen molar-refractivity contribution in [1.82, 2.24) is 15.8 Å². The molecule has 1 aromatic heterocycles. The predicted octanol–water partition coefficient (Wildman–Crippen LogP) is 4.45. The van der Waals surface area contributed by atoms with E-state index in [-0.39, 0.29) is 29.6 Å². The third-order valence-electron chi connectivity index (χ3n) is 7.43. The number of rotatable bonds is 8. The molecule has 6 rings (SSSR count). The molecule has 3 aliphatic carbocycles. The molecule has 1 atom stereocenters. The fourth-order valence-corrected chi connectivity index (χ4v) is 5.55. The number of fused-ring (bicyclic) bond motifs is 3. The maximum atomic E-state index is 13.6. The molecule has 38 heavy (non-hydrogen) atoms. The summed E-state index contributed by atoms with van der Waals surface area (Å²) in [6.45, 7) is -0.332. The van der Waals surface area contributed by atoms with Gasteiger partial charge < -0.3 is 25.0 Å². The Morgan fingerprint density at radius 2 is 1.82 bits per heavy atom. The number of amides is 2. The number of aromatic nitrogens is 1. The minimum atomic E-state index is -0.864. The van der Waals surface area contributed by atoms with Crippen molar-refractivity contribution in [1.29, 1.82) is 0 Å². The Bertz CT molecular complexity index is 1340. The number of ether oxygens (including phenoxy) is 1. The average molecular weight is 562 g/mol. The summed E-state index contributed by atoms with van der Waals surface area (Å²) in [5.41, 5.74) is 0.187. The van der Waals surface area contributed by atoms with E-state index in [1.807, 2.05) is 12.1 Å². The molecule has 3 fully saturated rings. The van der Waals surface area contributed by atoms with Crippen LogP contribution in [0.1, 0.15) is 53.9 Å². The lowest BCUT2D eigenvalue weighted by molar-refractivity contribution is -0.132. The summed E-state index contributed by atoms with van der Waals surface area (Å²) < 4.78 is 24.3. The van der Waals surface area contributed by atoms with Crippen LogP contribution in [0.25, 0.3) is 0 Å². The van der Waals surface area contributed by atoms with Gasteiger partial charge in [0.25, 0.3) is 11.8 Å². The third kappa shape index (κ3) is 5.65. The van der Waals surface area contributed by atoms with Gasteiger partial charge in [-0.15, -0.1) is 0 Å². The van der Waals surface area contributed by atoms with Gasteiger partial charge in [0.15, 0.2) is 6.61 Å². The highest BCUT2D eigenvalue weighted by molar-refractivity contribution is 6.30. The Hall–Kier alpha value is -3.14. The summed E-state index contributed by atoms with van der Waals surface area (Å²) in [5, 5.41) is 21.5. The average Bonchev–Trinajstić information content (AvgIpc) is 3.36. The first kappa shape index (κ1) is 26.5. The van der Waals surface area contributed by atoms with Crippen LogP contribution in [-0.4, -0.2) is 45.9 Å². The second kappa shape index (κ2) is 10.6. The summed E-state index contributed by atoms with van der Waals surface area (Å²) in [6.07, 6.45) is 2.03. The zero-order chi connectivity index (χ0) is 26.9. The van der Waals surface area contributed by atoms with Crippen LogP contribution in [-0.2, 0) is 11.2 Å². The van der Waals surface area contributed by atoms with Gasteiger partial charge >= 0.3 is 0 Å². The van der Waals surface area contributed by atoms with E-state index in [0.717, 1.165) is 11.6 Å². The molecule has 0 aliphatic heterocycles. The SMILES string of the molecule is O=C(COc1ccc(Cl)c(F)c1)NC12CCC(NC(=O)c3cc(Cc4ccc(Cl)cc4)no3)(CC1)CC2O. The van der Waals surface area contributed by atoms with Crippen molar-refractivity contribution in [3.8, 4) is 5.75 Å². The molecule has 0 saturated heterocycles. The number of carbonyl (C=O) groups is 2. The van der Waals surface area contributed by atoms with E-state index >= 15 is 0 Å². The quantitative estimate of drug-likeness (QED) is 0.374. The van der Waals surface area contributed by atoms with Crippen molar-refractivity contribution in [2.24, 2.45) is 0 Å². The highest BCUT2D eigenvalue weighted by Crippen LogP contribution is 2.47. The van der Waals surface area contributed by atoms with E-state index in [1.54, 1.807) is 18.2 Å². The van der Waals surface area contributed by atoms with E-state index in [1.165, 1.54) is 12.1 Å². The lowest BCUT2D eigenvalue weighted by atomic mass is 9.60. The molecule has 1 unspecified atom stereocenters. The second-order valence-corrected chi connectivity index (χ2v) is 10.9. The molecule has 11 heteroatoms. The van der Waals surface area contributed by atoms with E-state index in [4.69, 9.17) is 32.5 Å². The van der Waals surface area contributed by atoms with Crippen LogP contribution >= 0.6 is 23.2 Å². The third-order valence-corrected chi connectivity index (χ3v) is 7.99. The molecule has 3 aromatic rings. The molecular formula is C27H26Cl2FN3O5. The Morgan fingerprint density at radius 1 is 1.08 bits per heavy atom. The molecule has 1 heterocycles. The van der Waals surface area contributed by atoms with Crippen molar-refractivity contribution in [2.45, 2.75) is 55.7 Å². The normalized spacial score (nSPS) is 24.2. The molecule has 3 aliphatic rings. The van der Waals surface area contributed by atoms with E-state index in [9.17, 15) is 19.1 Å². The number of hydrogen-bond acceptors (Lipinski definition) is 6. The predicted molar refractivity (Wildman–Crippen MR) is 138 cm³/mol. The zero-order valence-corrected chi connectivity index (χ0v) is 21.8. The molecular weight excluding hydrogens is 536 g/mol. The van der Waals surface area contributed by atoms with Gasteiger partial charge in [0, 0.05) is 29.1 Å². The van der Waals surface area contributed by atoms with Crippen molar-refractivity contribution in [3.05, 3.63) is 81.4 Å². The van der Waals surface area contributed by atoms with Gasteiger partial charge in [-0.05, 0) is 61.9 Å². The largest absolute Gasteiger partial charge is 0.484 e. The van der Waals surface area contributed by atoms with Crippen molar-refractivity contribution < 1.29 is 28.3 Å². The number of aliphatic hydroxyl groups is 1. The Labute approximate surface area is 228 Å². The van der Waals surface area contributed by atoms with Gasteiger partial charge in [-0.1, -0.05) is 40.5 Å². The van der Waals surface area contributed by atoms with E-state index in [2.05, 4.69) is 15.8 Å². The first-order valence-electron chi connectivity index (χ1n) is 12.2. The zero-order valence-electron chi connectivity index (χ0n) is 20.3. The Morgan fingerprint density at radius 3 is 2.50 bits per heavy atom. The van der Waals surface area contributed by atoms with Crippen LogP contribution in [0.5, 0.6) is 5.75 Å². The second-order valence-electron chi connectivity index (χ2n) is 10.0. The maximum absolute atomic E-state index is 13.6. The standard InChI is InChI=1S/C27H26Cl2FN3O5/c28-17-3-1-16(2-4-17)11-18-12-22(38-33-18)25(36)32-26-7-9-27(10-8-26,23(34)14-26)31-24(35)15-37-19-5-6-20(29)21(30)13-19/h1-6,12-13,23,34H,7-11,14-15H2,(H,31,35)(H,32,36). The molecule has 3 N–H and O–H groups in total. The van der Waals surface area contributed by atoms with Gasteiger partial charge in [0.1, 0.15) is 11.6 Å². The Kier molecular flexibility index (Phi) is 7.35. The van der Waals surface area contributed by atoms with Crippen molar-refractivity contribution in [3.63, 3.8) is 0 Å². The number of halogens is 3. The monoisotopic (exact) mass is 561 g/mol. The fraction of sp³-hybridized carbons (Fsp3) is 0.370. The number of nitrogens with one attached hydrogen (secondary N) is 2. The number of nitrogens with zero attached hydrogens (tertiary/aromatic N) is 1. The topological polar surface area (TPSA) is 114 Å². The molecule has 0 spiro atoms. The van der Waals surface area contributed by atoms with Gasteiger partial charge in [0.2, 0.25) is 5.76 Å². The lowest BCUT2D eigenvalue weighted by Crippen LogP contribution is -2.70. The molecule has 3 saturated carbocycles. The van der Waals surface area contributed by atoms with Crippen LogP contribution in [0.15, 0.2) is 53.1 Å². The van der Waals surface area contributed by atoms with Gasteiger partial charge in [-0.25, -0.2) is 4.39 Å². The highest BCUT2D eigenvalue weighted by Gasteiger charge is 2.55.